The molecular weight excluding hydrogens is 342 g/mol. The molecule has 140 valence electrons. The van der Waals surface area contributed by atoms with Crippen LogP contribution < -0.4 is 10.9 Å². The van der Waals surface area contributed by atoms with E-state index in [1.54, 1.807) is 26.8 Å². The van der Waals surface area contributed by atoms with Crippen molar-refractivity contribution >= 4 is 25.9 Å². The number of hydrogen-bond acceptors (Lipinski definition) is 5. The topological polar surface area (TPSA) is 108 Å². The monoisotopic (exact) mass is 369 g/mol. The molecule has 0 unspecified atom stereocenters. The van der Waals surface area contributed by atoms with E-state index < -0.39 is 20.7 Å². The van der Waals surface area contributed by atoms with E-state index in [4.69, 9.17) is 19.0 Å². The third-order valence-electron chi connectivity index (χ3n) is 3.60. The number of amides is 1. The number of nitrogens with two attached hydrogens (primary N) is 1. The number of aromatic carboxylic acids is 1. The van der Waals surface area contributed by atoms with Crippen LogP contribution in [0.15, 0.2) is 12.1 Å². The smallest absolute Gasteiger partial charge is 0.478 e. The van der Waals surface area contributed by atoms with Crippen LogP contribution in [0.4, 0.5) is 0 Å². The van der Waals surface area contributed by atoms with Gasteiger partial charge in [-0.25, -0.2) is 4.79 Å². The molecule has 0 radical (unpaired) electrons. The molecule has 1 rings (SSSR count). The standard InChI is InChI=1S/C17H27NO6Si/c1-5-9-12-10-11-13(17(20)21)14(16(18)19)15(12)25(22-6-2,23-7-3)24-8-4/h10-11H,5-9H2,1-4H3,(H2,18,19)(H,20,21). The van der Waals surface area contributed by atoms with E-state index in [9.17, 15) is 14.7 Å². The largest absolute Gasteiger partial charge is 0.538 e. The van der Waals surface area contributed by atoms with Crippen molar-refractivity contribution in [3.63, 3.8) is 0 Å². The summed E-state index contributed by atoms with van der Waals surface area (Å²) in [5.41, 5.74) is 6.07. The van der Waals surface area contributed by atoms with E-state index in [2.05, 4.69) is 0 Å². The molecule has 0 saturated carbocycles. The maximum Gasteiger partial charge on any atom is 0.538 e. The van der Waals surface area contributed by atoms with Crippen LogP contribution in [0, 0.1) is 0 Å². The molecule has 1 aromatic carbocycles. The molecule has 0 aliphatic rings. The molecule has 7 nitrogen and oxygen atoms in total. The normalized spacial score (nSPS) is 11.5. The highest BCUT2D eigenvalue weighted by Gasteiger charge is 2.48. The second-order valence-electron chi connectivity index (χ2n) is 5.30. The molecule has 0 spiro atoms. The van der Waals surface area contributed by atoms with Crippen molar-refractivity contribution in [1.29, 1.82) is 0 Å². The number of rotatable bonds is 11. The third kappa shape index (κ3) is 4.66. The number of hydrogen-bond donors (Lipinski definition) is 2. The van der Waals surface area contributed by atoms with Gasteiger partial charge < -0.3 is 24.1 Å². The zero-order valence-electron chi connectivity index (χ0n) is 15.3. The summed E-state index contributed by atoms with van der Waals surface area (Å²) in [4.78, 5) is 23.8. The Kier molecular flexibility index (Phi) is 8.23. The number of benzene rings is 1. The van der Waals surface area contributed by atoms with Crippen molar-refractivity contribution in [3.05, 3.63) is 28.8 Å². The Labute approximate surface area is 149 Å². The van der Waals surface area contributed by atoms with E-state index in [1.165, 1.54) is 6.07 Å². The van der Waals surface area contributed by atoms with Crippen LogP contribution in [-0.4, -0.2) is 45.6 Å². The molecule has 0 aliphatic carbocycles. The lowest BCUT2D eigenvalue weighted by Crippen LogP contribution is -2.60. The average molecular weight is 369 g/mol. The fraction of sp³-hybridized carbons (Fsp3) is 0.529. The highest BCUT2D eigenvalue weighted by Crippen LogP contribution is 2.21. The van der Waals surface area contributed by atoms with E-state index in [1.807, 2.05) is 6.92 Å². The molecule has 8 heteroatoms. The molecule has 1 amide bonds. The first-order valence-electron chi connectivity index (χ1n) is 8.49. The Morgan fingerprint density at radius 1 is 1.04 bits per heavy atom. The summed E-state index contributed by atoms with van der Waals surface area (Å²) in [6.07, 6.45) is 1.42. The maximum atomic E-state index is 12.2. The summed E-state index contributed by atoms with van der Waals surface area (Å²) in [6.45, 7) is 8.27. The summed E-state index contributed by atoms with van der Waals surface area (Å²) in [5.74, 6) is -2.06. The van der Waals surface area contributed by atoms with Crippen molar-refractivity contribution in [3.8, 4) is 0 Å². The Bertz CT molecular complexity index is 602. The minimum Gasteiger partial charge on any atom is -0.478 e. The highest BCUT2D eigenvalue weighted by atomic mass is 28.4. The Morgan fingerprint density at radius 2 is 1.56 bits per heavy atom. The molecule has 0 aromatic heterocycles. The van der Waals surface area contributed by atoms with Crippen LogP contribution in [0.3, 0.4) is 0 Å². The first kappa shape index (κ1) is 21.3. The van der Waals surface area contributed by atoms with E-state index >= 15 is 0 Å². The van der Waals surface area contributed by atoms with Crippen LogP contribution in [-0.2, 0) is 19.7 Å². The van der Waals surface area contributed by atoms with E-state index in [0.29, 0.717) is 31.4 Å². The van der Waals surface area contributed by atoms with Gasteiger partial charge in [0.25, 0.3) is 0 Å². The number of carboxylic acids is 1. The lowest BCUT2D eigenvalue weighted by molar-refractivity contribution is 0.0692. The third-order valence-corrected chi connectivity index (χ3v) is 6.79. The number of primary amides is 1. The first-order valence-corrected chi connectivity index (χ1v) is 10.2. The predicted molar refractivity (Wildman–Crippen MR) is 96.2 cm³/mol. The molecule has 0 bridgehead atoms. The highest BCUT2D eigenvalue weighted by molar-refractivity contribution is 6.77. The van der Waals surface area contributed by atoms with Crippen LogP contribution in [0.5, 0.6) is 0 Å². The fourth-order valence-electron chi connectivity index (χ4n) is 2.82. The number of aryl methyl sites for hydroxylation is 1. The van der Waals surface area contributed by atoms with Crippen LogP contribution in [0.1, 0.15) is 60.4 Å². The number of carbonyl (C=O) groups excluding carboxylic acids is 1. The van der Waals surface area contributed by atoms with Crippen molar-refractivity contribution in [1.82, 2.24) is 0 Å². The minimum absolute atomic E-state index is 0.0829. The van der Waals surface area contributed by atoms with Crippen LogP contribution in [0.25, 0.3) is 0 Å². The Balaban J connectivity index is 3.88. The lowest BCUT2D eigenvalue weighted by Gasteiger charge is -2.32. The molecule has 0 fully saturated rings. The molecule has 3 N–H and O–H groups in total. The van der Waals surface area contributed by atoms with Gasteiger partial charge in [-0.05, 0) is 38.8 Å². The van der Waals surface area contributed by atoms with Gasteiger partial charge in [-0.1, -0.05) is 19.4 Å². The molecule has 0 aliphatic heterocycles. The van der Waals surface area contributed by atoms with E-state index in [0.717, 1.165) is 12.0 Å². The predicted octanol–water partition coefficient (Wildman–Crippen LogP) is 1.69. The summed E-state index contributed by atoms with van der Waals surface area (Å²) < 4.78 is 17.7. The maximum absolute atomic E-state index is 12.2. The fourth-order valence-corrected chi connectivity index (χ4v) is 5.81. The quantitative estimate of drug-likeness (QED) is 0.575. The van der Waals surface area contributed by atoms with Gasteiger partial charge in [-0.2, -0.15) is 0 Å². The molecular formula is C17H27NO6Si. The summed E-state index contributed by atoms with van der Waals surface area (Å²) >= 11 is 0. The summed E-state index contributed by atoms with van der Waals surface area (Å²) in [7, 11) is -3.50. The van der Waals surface area contributed by atoms with Gasteiger partial charge in [0, 0.05) is 25.0 Å². The van der Waals surface area contributed by atoms with Gasteiger partial charge in [0.2, 0.25) is 5.91 Å². The van der Waals surface area contributed by atoms with Gasteiger partial charge in [0.05, 0.1) is 11.1 Å². The van der Waals surface area contributed by atoms with Crippen molar-refractivity contribution in [2.75, 3.05) is 19.8 Å². The van der Waals surface area contributed by atoms with Crippen molar-refractivity contribution < 1.29 is 28.0 Å². The summed E-state index contributed by atoms with van der Waals surface area (Å²) in [5, 5.41) is 9.88. The van der Waals surface area contributed by atoms with Crippen molar-refractivity contribution in [2.24, 2.45) is 5.73 Å². The van der Waals surface area contributed by atoms with Gasteiger partial charge >= 0.3 is 14.8 Å². The molecule has 0 heterocycles. The van der Waals surface area contributed by atoms with E-state index in [-0.39, 0.29) is 11.1 Å². The van der Waals surface area contributed by atoms with Gasteiger partial charge in [0.15, 0.2) is 0 Å². The molecule has 1 aromatic rings. The second-order valence-corrected chi connectivity index (χ2v) is 7.78. The van der Waals surface area contributed by atoms with Gasteiger partial charge in [-0.15, -0.1) is 0 Å². The molecule has 25 heavy (non-hydrogen) atoms. The molecule has 0 atom stereocenters. The second kappa shape index (κ2) is 9.67. The Morgan fingerprint density at radius 3 is 1.92 bits per heavy atom. The van der Waals surface area contributed by atoms with Gasteiger partial charge in [-0.3, -0.25) is 4.79 Å². The lowest BCUT2D eigenvalue weighted by atomic mass is 10.0. The van der Waals surface area contributed by atoms with Gasteiger partial charge in [0.1, 0.15) is 0 Å². The zero-order chi connectivity index (χ0) is 19.0. The van der Waals surface area contributed by atoms with Crippen LogP contribution in [0.2, 0.25) is 0 Å². The summed E-state index contributed by atoms with van der Waals surface area (Å²) in [6, 6.07) is 3.09. The molecule has 0 saturated heterocycles. The number of carboxylic acid groups (broad SMARTS) is 1. The number of carbonyl (C=O) groups is 2. The average Bonchev–Trinajstić information content (AvgIpc) is 2.54. The SMILES string of the molecule is CCCc1ccc(C(=O)O)c(C(N)=O)c1[Si](OCC)(OCC)OCC. The van der Waals surface area contributed by atoms with Crippen LogP contribution >= 0.6 is 0 Å². The minimum atomic E-state index is -3.50. The Hall–Kier alpha value is -1.74. The zero-order valence-corrected chi connectivity index (χ0v) is 16.3. The first-order chi connectivity index (χ1) is 11.9. The van der Waals surface area contributed by atoms with Crippen molar-refractivity contribution in [2.45, 2.75) is 40.5 Å².